The van der Waals surface area contributed by atoms with E-state index in [4.69, 9.17) is 4.52 Å². The van der Waals surface area contributed by atoms with Crippen LogP contribution in [-0.4, -0.2) is 29.6 Å². The van der Waals surface area contributed by atoms with Crippen LogP contribution in [0, 0.1) is 0 Å². The van der Waals surface area contributed by atoms with Crippen molar-refractivity contribution in [2.75, 3.05) is 13.6 Å². The second kappa shape index (κ2) is 5.34. The zero-order valence-corrected chi connectivity index (χ0v) is 10.7. The first kappa shape index (κ1) is 12.1. The van der Waals surface area contributed by atoms with Crippen molar-refractivity contribution in [3.63, 3.8) is 0 Å². The average Bonchev–Trinajstić information content (AvgIpc) is 2.78. The van der Waals surface area contributed by atoms with Crippen molar-refractivity contribution in [1.82, 2.24) is 10.1 Å². The first-order valence-electron chi connectivity index (χ1n) is 6.47. The zero-order chi connectivity index (χ0) is 12.3. The molecule has 4 heteroatoms. The standard InChI is InChI=1S/C13H20N2O2/c1-3-4-9-15(2)13(16)12-10-7-5-6-8-11(10)17-14-12/h3-9H2,1-2H3. The number of nitrogens with zero attached hydrogens (tertiary/aromatic N) is 2. The van der Waals surface area contributed by atoms with Gasteiger partial charge in [0.2, 0.25) is 0 Å². The van der Waals surface area contributed by atoms with Gasteiger partial charge in [-0.3, -0.25) is 4.79 Å². The van der Waals surface area contributed by atoms with Crippen LogP contribution < -0.4 is 0 Å². The van der Waals surface area contributed by atoms with Crippen LogP contribution in [0.1, 0.15) is 54.4 Å². The number of rotatable bonds is 4. The number of amides is 1. The summed E-state index contributed by atoms with van der Waals surface area (Å²) in [6.45, 7) is 2.91. The molecule has 2 rings (SSSR count). The molecule has 0 aliphatic heterocycles. The van der Waals surface area contributed by atoms with E-state index in [2.05, 4.69) is 12.1 Å². The second-order valence-corrected chi connectivity index (χ2v) is 4.72. The molecule has 0 radical (unpaired) electrons. The Bertz CT molecular complexity index is 398. The summed E-state index contributed by atoms with van der Waals surface area (Å²) < 4.78 is 5.27. The highest BCUT2D eigenvalue weighted by molar-refractivity contribution is 5.93. The Labute approximate surface area is 102 Å². The summed E-state index contributed by atoms with van der Waals surface area (Å²) in [7, 11) is 1.84. The summed E-state index contributed by atoms with van der Waals surface area (Å²) in [5.41, 5.74) is 1.59. The van der Waals surface area contributed by atoms with Gasteiger partial charge in [0, 0.05) is 25.6 Å². The fourth-order valence-electron chi connectivity index (χ4n) is 2.23. The zero-order valence-electron chi connectivity index (χ0n) is 10.7. The van der Waals surface area contributed by atoms with Gasteiger partial charge in [-0.25, -0.2) is 0 Å². The first-order chi connectivity index (χ1) is 8.24. The third-order valence-electron chi connectivity index (χ3n) is 3.35. The van der Waals surface area contributed by atoms with E-state index in [1.54, 1.807) is 4.90 Å². The van der Waals surface area contributed by atoms with Gasteiger partial charge >= 0.3 is 0 Å². The molecular weight excluding hydrogens is 216 g/mol. The molecule has 1 aliphatic carbocycles. The van der Waals surface area contributed by atoms with Gasteiger partial charge in [-0.1, -0.05) is 18.5 Å². The van der Waals surface area contributed by atoms with Crippen molar-refractivity contribution in [3.8, 4) is 0 Å². The molecule has 0 N–H and O–H groups in total. The van der Waals surface area contributed by atoms with Crippen molar-refractivity contribution in [3.05, 3.63) is 17.0 Å². The molecular formula is C13H20N2O2. The number of hydrogen-bond donors (Lipinski definition) is 0. The molecule has 0 saturated heterocycles. The Morgan fingerprint density at radius 1 is 1.41 bits per heavy atom. The molecule has 1 aromatic heterocycles. The molecule has 0 unspecified atom stereocenters. The Hall–Kier alpha value is -1.32. The fourth-order valence-corrected chi connectivity index (χ4v) is 2.23. The predicted molar refractivity (Wildman–Crippen MR) is 65.0 cm³/mol. The van der Waals surface area contributed by atoms with Crippen LogP contribution in [0.15, 0.2) is 4.52 Å². The molecule has 1 amide bonds. The Kier molecular flexibility index (Phi) is 3.82. The van der Waals surface area contributed by atoms with Gasteiger partial charge in [-0.2, -0.15) is 0 Å². The van der Waals surface area contributed by atoms with Crippen molar-refractivity contribution < 1.29 is 9.32 Å². The average molecular weight is 236 g/mol. The minimum Gasteiger partial charge on any atom is -0.360 e. The number of carbonyl (C=O) groups excluding carboxylic acids is 1. The number of aromatic nitrogens is 1. The third-order valence-corrected chi connectivity index (χ3v) is 3.35. The smallest absolute Gasteiger partial charge is 0.276 e. The molecule has 0 aromatic carbocycles. The van der Waals surface area contributed by atoms with Crippen LogP contribution >= 0.6 is 0 Å². The lowest BCUT2D eigenvalue weighted by Crippen LogP contribution is -2.29. The molecule has 94 valence electrons. The fraction of sp³-hybridized carbons (Fsp3) is 0.692. The van der Waals surface area contributed by atoms with Crippen LogP contribution in [0.3, 0.4) is 0 Å². The highest BCUT2D eigenvalue weighted by Gasteiger charge is 2.25. The molecule has 17 heavy (non-hydrogen) atoms. The number of carbonyl (C=O) groups is 1. The maximum atomic E-state index is 12.2. The van der Waals surface area contributed by atoms with E-state index in [0.29, 0.717) is 5.69 Å². The van der Waals surface area contributed by atoms with Crippen LogP contribution in [0.2, 0.25) is 0 Å². The summed E-state index contributed by atoms with van der Waals surface area (Å²) in [6, 6.07) is 0. The minimum absolute atomic E-state index is 0.00495. The molecule has 4 nitrogen and oxygen atoms in total. The molecule has 1 heterocycles. The van der Waals surface area contributed by atoms with Crippen LogP contribution in [0.4, 0.5) is 0 Å². The number of unbranched alkanes of at least 4 members (excludes halogenated alkanes) is 1. The van der Waals surface area contributed by atoms with Gasteiger partial charge in [-0.15, -0.1) is 0 Å². The lowest BCUT2D eigenvalue weighted by atomic mass is 9.96. The van der Waals surface area contributed by atoms with Crippen LogP contribution in [0.5, 0.6) is 0 Å². The molecule has 0 atom stereocenters. The van der Waals surface area contributed by atoms with E-state index in [1.807, 2.05) is 7.05 Å². The first-order valence-corrected chi connectivity index (χ1v) is 6.47. The Morgan fingerprint density at radius 2 is 2.18 bits per heavy atom. The van der Waals surface area contributed by atoms with Gasteiger partial charge in [-0.05, 0) is 25.7 Å². The number of fused-ring (bicyclic) bond motifs is 1. The van der Waals surface area contributed by atoms with Gasteiger partial charge < -0.3 is 9.42 Å². The Morgan fingerprint density at radius 3 is 2.94 bits per heavy atom. The number of hydrogen-bond acceptors (Lipinski definition) is 3. The summed E-state index contributed by atoms with van der Waals surface area (Å²) >= 11 is 0. The largest absolute Gasteiger partial charge is 0.360 e. The van der Waals surface area contributed by atoms with Gasteiger partial charge in [0.25, 0.3) is 5.91 Å². The van der Waals surface area contributed by atoms with E-state index in [-0.39, 0.29) is 5.91 Å². The lowest BCUT2D eigenvalue weighted by molar-refractivity contribution is 0.0782. The van der Waals surface area contributed by atoms with Gasteiger partial charge in [0.1, 0.15) is 5.76 Å². The third kappa shape index (κ3) is 2.51. The lowest BCUT2D eigenvalue weighted by Gasteiger charge is -2.16. The maximum absolute atomic E-state index is 12.2. The summed E-state index contributed by atoms with van der Waals surface area (Å²) in [5, 5.41) is 3.96. The summed E-state index contributed by atoms with van der Waals surface area (Å²) in [5.74, 6) is 0.925. The predicted octanol–water partition coefficient (Wildman–Crippen LogP) is 2.43. The van der Waals surface area contributed by atoms with E-state index in [0.717, 1.165) is 56.4 Å². The molecule has 1 aromatic rings. The van der Waals surface area contributed by atoms with Crippen molar-refractivity contribution in [2.45, 2.75) is 45.4 Å². The van der Waals surface area contributed by atoms with Crippen molar-refractivity contribution in [2.24, 2.45) is 0 Å². The molecule has 0 bridgehead atoms. The van der Waals surface area contributed by atoms with E-state index < -0.39 is 0 Å². The normalized spacial score (nSPS) is 14.5. The van der Waals surface area contributed by atoms with Crippen LogP contribution in [-0.2, 0) is 12.8 Å². The monoisotopic (exact) mass is 236 g/mol. The van der Waals surface area contributed by atoms with Crippen molar-refractivity contribution in [1.29, 1.82) is 0 Å². The van der Waals surface area contributed by atoms with E-state index >= 15 is 0 Å². The second-order valence-electron chi connectivity index (χ2n) is 4.72. The van der Waals surface area contributed by atoms with E-state index in [9.17, 15) is 4.79 Å². The molecule has 1 aliphatic rings. The highest BCUT2D eigenvalue weighted by atomic mass is 16.5. The topological polar surface area (TPSA) is 46.3 Å². The molecule has 0 saturated carbocycles. The van der Waals surface area contributed by atoms with Gasteiger partial charge in [0.05, 0.1) is 0 Å². The van der Waals surface area contributed by atoms with Crippen LogP contribution in [0.25, 0.3) is 0 Å². The SMILES string of the molecule is CCCCN(C)C(=O)c1noc2c1CCCC2. The van der Waals surface area contributed by atoms with E-state index in [1.165, 1.54) is 0 Å². The quantitative estimate of drug-likeness (QED) is 0.806. The summed E-state index contributed by atoms with van der Waals surface area (Å²) in [4.78, 5) is 13.9. The molecule has 0 fully saturated rings. The maximum Gasteiger partial charge on any atom is 0.276 e. The molecule has 0 spiro atoms. The highest BCUT2D eigenvalue weighted by Crippen LogP contribution is 2.24. The van der Waals surface area contributed by atoms with Gasteiger partial charge in [0.15, 0.2) is 5.69 Å². The van der Waals surface area contributed by atoms with Crippen molar-refractivity contribution >= 4 is 5.91 Å². The minimum atomic E-state index is 0.00495. The number of aryl methyl sites for hydroxylation is 1. The summed E-state index contributed by atoms with van der Waals surface area (Å²) in [6.07, 6.45) is 6.25. The Balaban J connectivity index is 2.11.